The third-order valence-electron chi connectivity index (χ3n) is 1.77. The van der Waals surface area contributed by atoms with E-state index in [0.717, 1.165) is 10.6 Å². The first-order chi connectivity index (χ1) is 7.26. The van der Waals surface area contributed by atoms with Crippen molar-refractivity contribution in [2.75, 3.05) is 19.0 Å². The molecule has 0 aromatic carbocycles. The van der Waals surface area contributed by atoms with Gasteiger partial charge in [-0.1, -0.05) is 0 Å². The third kappa shape index (κ3) is 4.68. The summed E-state index contributed by atoms with van der Waals surface area (Å²) in [6.07, 6.45) is 3.71. The topological polar surface area (TPSA) is 36.3 Å². The maximum Gasteiger partial charge on any atom is 0.166 e. The molecule has 1 rings (SSSR count). The summed E-state index contributed by atoms with van der Waals surface area (Å²) < 4.78 is 12.7. The fraction of sp³-hybridized carbons (Fsp3) is 0.700. The summed E-state index contributed by atoms with van der Waals surface area (Å²) in [5.74, 6) is 0.799. The molecule has 0 aliphatic rings. The van der Waals surface area contributed by atoms with Crippen molar-refractivity contribution in [2.24, 2.45) is 7.05 Å². The quantitative estimate of drug-likeness (QED) is 0.529. The molecule has 0 saturated carbocycles. The largest absolute Gasteiger partial charge is 0.352 e. The van der Waals surface area contributed by atoms with Crippen molar-refractivity contribution in [1.29, 1.82) is 0 Å². The van der Waals surface area contributed by atoms with Crippen molar-refractivity contribution in [3.05, 3.63) is 12.4 Å². The van der Waals surface area contributed by atoms with E-state index in [-0.39, 0.29) is 6.29 Å². The van der Waals surface area contributed by atoms with E-state index in [0.29, 0.717) is 13.2 Å². The highest BCUT2D eigenvalue weighted by atomic mass is 32.2. The lowest BCUT2D eigenvalue weighted by atomic mass is 10.7. The molecule has 0 aliphatic carbocycles. The maximum absolute atomic E-state index is 5.44. The average molecular weight is 230 g/mol. The highest BCUT2D eigenvalue weighted by molar-refractivity contribution is 7.99. The van der Waals surface area contributed by atoms with Gasteiger partial charge >= 0.3 is 0 Å². The summed E-state index contributed by atoms with van der Waals surface area (Å²) in [5, 5.41) is 4.10. The fourth-order valence-electron chi connectivity index (χ4n) is 1.15. The average Bonchev–Trinajstić information content (AvgIpc) is 2.61. The molecule has 0 atom stereocenters. The first kappa shape index (κ1) is 12.5. The molecule has 0 unspecified atom stereocenters. The molecule has 1 heterocycles. The Labute approximate surface area is 94.9 Å². The smallest absolute Gasteiger partial charge is 0.166 e. The number of nitrogens with zero attached hydrogens (tertiary/aromatic N) is 2. The van der Waals surface area contributed by atoms with Crippen LogP contribution in [0.3, 0.4) is 0 Å². The number of rotatable bonds is 7. The Morgan fingerprint density at radius 3 is 2.53 bits per heavy atom. The van der Waals surface area contributed by atoms with E-state index in [1.54, 1.807) is 16.4 Å². The van der Waals surface area contributed by atoms with Crippen molar-refractivity contribution >= 4 is 11.8 Å². The van der Waals surface area contributed by atoms with Gasteiger partial charge in [-0.15, -0.1) is 11.8 Å². The van der Waals surface area contributed by atoms with Gasteiger partial charge in [0, 0.05) is 37.1 Å². The number of hydrogen-bond donors (Lipinski definition) is 0. The van der Waals surface area contributed by atoms with Crippen LogP contribution in [-0.2, 0) is 16.5 Å². The van der Waals surface area contributed by atoms with Gasteiger partial charge in [-0.25, -0.2) is 0 Å². The Kier molecular flexibility index (Phi) is 5.75. The first-order valence-corrected chi connectivity index (χ1v) is 6.09. The fourth-order valence-corrected chi connectivity index (χ4v) is 2.02. The first-order valence-electron chi connectivity index (χ1n) is 5.10. The van der Waals surface area contributed by atoms with Crippen LogP contribution in [0.1, 0.15) is 13.8 Å². The zero-order valence-electron chi connectivity index (χ0n) is 9.47. The van der Waals surface area contributed by atoms with Crippen LogP contribution in [0.2, 0.25) is 0 Å². The SMILES string of the molecule is CCOC(CSc1cnn(C)c1)OCC. The van der Waals surface area contributed by atoms with Crippen molar-refractivity contribution in [3.63, 3.8) is 0 Å². The molecule has 0 saturated heterocycles. The van der Waals surface area contributed by atoms with E-state index in [1.165, 1.54) is 0 Å². The van der Waals surface area contributed by atoms with Gasteiger partial charge in [0.1, 0.15) is 0 Å². The van der Waals surface area contributed by atoms with Gasteiger partial charge in [0.25, 0.3) is 0 Å². The van der Waals surface area contributed by atoms with Crippen LogP contribution in [0, 0.1) is 0 Å². The zero-order chi connectivity index (χ0) is 11.1. The van der Waals surface area contributed by atoms with E-state index >= 15 is 0 Å². The van der Waals surface area contributed by atoms with Gasteiger partial charge in [0.15, 0.2) is 6.29 Å². The molecule has 0 radical (unpaired) electrons. The molecule has 0 spiro atoms. The van der Waals surface area contributed by atoms with Crippen LogP contribution in [0.15, 0.2) is 17.3 Å². The van der Waals surface area contributed by atoms with E-state index in [9.17, 15) is 0 Å². The zero-order valence-corrected chi connectivity index (χ0v) is 10.3. The Morgan fingerprint density at radius 1 is 1.40 bits per heavy atom. The molecule has 5 heteroatoms. The van der Waals surface area contributed by atoms with Crippen LogP contribution >= 0.6 is 11.8 Å². The minimum Gasteiger partial charge on any atom is -0.352 e. The molecule has 0 amide bonds. The Morgan fingerprint density at radius 2 is 2.07 bits per heavy atom. The van der Waals surface area contributed by atoms with E-state index < -0.39 is 0 Å². The van der Waals surface area contributed by atoms with Crippen LogP contribution in [0.4, 0.5) is 0 Å². The highest BCUT2D eigenvalue weighted by Gasteiger charge is 2.08. The second kappa shape index (κ2) is 6.87. The number of ether oxygens (including phenoxy) is 2. The van der Waals surface area contributed by atoms with Gasteiger partial charge in [-0.05, 0) is 13.8 Å². The second-order valence-corrected chi connectivity index (χ2v) is 4.09. The summed E-state index contributed by atoms with van der Waals surface area (Å²) >= 11 is 1.70. The Balaban J connectivity index is 2.32. The van der Waals surface area contributed by atoms with Crippen molar-refractivity contribution in [2.45, 2.75) is 25.0 Å². The molecular formula is C10H18N2O2S. The van der Waals surface area contributed by atoms with E-state index in [2.05, 4.69) is 5.10 Å². The van der Waals surface area contributed by atoms with E-state index in [4.69, 9.17) is 9.47 Å². The summed E-state index contributed by atoms with van der Waals surface area (Å²) in [6.45, 7) is 5.30. The minimum atomic E-state index is -0.120. The van der Waals surface area contributed by atoms with Crippen LogP contribution in [-0.4, -0.2) is 35.0 Å². The monoisotopic (exact) mass is 230 g/mol. The molecule has 0 fully saturated rings. The minimum absolute atomic E-state index is 0.120. The predicted molar refractivity (Wildman–Crippen MR) is 61.0 cm³/mol. The van der Waals surface area contributed by atoms with Gasteiger partial charge < -0.3 is 9.47 Å². The predicted octanol–water partition coefficient (Wildman–Crippen LogP) is 1.91. The maximum atomic E-state index is 5.44. The lowest BCUT2D eigenvalue weighted by molar-refractivity contribution is -0.120. The number of hydrogen-bond acceptors (Lipinski definition) is 4. The molecule has 0 N–H and O–H groups in total. The van der Waals surface area contributed by atoms with Crippen LogP contribution < -0.4 is 0 Å². The Hall–Kier alpha value is -0.520. The normalized spacial score (nSPS) is 11.2. The van der Waals surface area contributed by atoms with Crippen molar-refractivity contribution in [1.82, 2.24) is 9.78 Å². The summed E-state index contributed by atoms with van der Waals surface area (Å²) in [6, 6.07) is 0. The summed E-state index contributed by atoms with van der Waals surface area (Å²) in [5.41, 5.74) is 0. The standard InChI is InChI=1S/C10H18N2O2S/c1-4-13-10(14-5-2)8-15-9-6-11-12(3)7-9/h6-7,10H,4-5,8H2,1-3H3. The van der Waals surface area contributed by atoms with Gasteiger partial charge in [-0.3, -0.25) is 4.68 Å². The van der Waals surface area contributed by atoms with Gasteiger partial charge in [0.2, 0.25) is 0 Å². The number of aryl methyl sites for hydroxylation is 1. The molecule has 86 valence electrons. The molecule has 1 aromatic rings. The highest BCUT2D eigenvalue weighted by Crippen LogP contribution is 2.18. The lowest BCUT2D eigenvalue weighted by Crippen LogP contribution is -2.19. The second-order valence-electron chi connectivity index (χ2n) is 3.00. The van der Waals surface area contributed by atoms with Crippen LogP contribution in [0.5, 0.6) is 0 Å². The van der Waals surface area contributed by atoms with Crippen molar-refractivity contribution in [3.8, 4) is 0 Å². The lowest BCUT2D eigenvalue weighted by Gasteiger charge is -2.15. The van der Waals surface area contributed by atoms with Crippen LogP contribution in [0.25, 0.3) is 0 Å². The van der Waals surface area contributed by atoms with E-state index in [1.807, 2.05) is 33.3 Å². The van der Waals surface area contributed by atoms with Gasteiger partial charge in [0.05, 0.1) is 6.20 Å². The molecule has 0 aliphatic heterocycles. The Bertz CT molecular complexity index is 272. The third-order valence-corrected chi connectivity index (χ3v) is 2.76. The molecule has 1 aromatic heterocycles. The van der Waals surface area contributed by atoms with Crippen molar-refractivity contribution < 1.29 is 9.47 Å². The molecule has 4 nitrogen and oxygen atoms in total. The summed E-state index contributed by atoms with van der Waals surface area (Å²) in [7, 11) is 1.91. The molecule has 15 heavy (non-hydrogen) atoms. The summed E-state index contributed by atoms with van der Waals surface area (Å²) in [4.78, 5) is 1.14. The number of thioether (sulfide) groups is 1. The number of aromatic nitrogens is 2. The van der Waals surface area contributed by atoms with Gasteiger partial charge in [-0.2, -0.15) is 5.10 Å². The molecule has 0 bridgehead atoms. The molecular weight excluding hydrogens is 212 g/mol.